The molecule has 0 atom stereocenters. The number of carbonyl (C=O) groups excluding carboxylic acids is 1. The summed E-state index contributed by atoms with van der Waals surface area (Å²) in [6, 6.07) is 18.3. The number of rotatable bonds is 6. The van der Waals surface area contributed by atoms with E-state index >= 15 is 0 Å². The summed E-state index contributed by atoms with van der Waals surface area (Å²) in [5.74, 6) is -0.105. The first-order chi connectivity index (χ1) is 18.1. The molecule has 38 heavy (non-hydrogen) atoms. The molecule has 0 saturated heterocycles. The fourth-order valence-corrected chi connectivity index (χ4v) is 4.16. The van der Waals surface area contributed by atoms with E-state index in [1.807, 2.05) is 37.3 Å². The number of benzene rings is 2. The summed E-state index contributed by atoms with van der Waals surface area (Å²) in [5, 5.41) is 11.2. The molecule has 0 saturated carbocycles. The molecule has 0 aliphatic heterocycles. The zero-order chi connectivity index (χ0) is 27.0. The second kappa shape index (κ2) is 9.66. The van der Waals surface area contributed by atoms with Crippen molar-refractivity contribution >= 4 is 17.2 Å². The summed E-state index contributed by atoms with van der Waals surface area (Å²) in [5.41, 5.74) is 1.99. The van der Waals surface area contributed by atoms with Crippen molar-refractivity contribution in [1.82, 2.24) is 24.4 Å². The topological polar surface area (TPSA) is 86.3 Å². The van der Waals surface area contributed by atoms with E-state index in [0.717, 1.165) is 11.6 Å². The summed E-state index contributed by atoms with van der Waals surface area (Å²) >= 11 is 0. The maximum absolute atomic E-state index is 14.0. The van der Waals surface area contributed by atoms with E-state index in [0.29, 0.717) is 39.4 Å². The molecule has 194 valence electrons. The van der Waals surface area contributed by atoms with Crippen molar-refractivity contribution in [3.05, 3.63) is 95.1 Å². The predicted octanol–water partition coefficient (Wildman–Crippen LogP) is 5.54. The number of nitrogens with zero attached hydrogens (tertiary/aromatic N) is 5. The van der Waals surface area contributed by atoms with Gasteiger partial charge in [0.1, 0.15) is 5.75 Å². The molecular formula is C27H23F3N6O2. The minimum atomic E-state index is -4.73. The molecule has 0 unspecified atom stereocenters. The molecular weight excluding hydrogens is 497 g/mol. The minimum absolute atomic E-state index is 0.0909. The van der Waals surface area contributed by atoms with Crippen LogP contribution in [-0.4, -0.2) is 37.4 Å². The van der Waals surface area contributed by atoms with Gasteiger partial charge in [0, 0.05) is 11.6 Å². The van der Waals surface area contributed by atoms with E-state index in [4.69, 9.17) is 4.74 Å². The van der Waals surface area contributed by atoms with Gasteiger partial charge in [0.05, 0.1) is 36.4 Å². The number of hydrogen-bond acceptors (Lipinski definition) is 5. The maximum atomic E-state index is 14.0. The molecule has 0 radical (unpaired) electrons. The van der Waals surface area contributed by atoms with Crippen LogP contribution in [0, 0.1) is 13.8 Å². The van der Waals surface area contributed by atoms with Crippen molar-refractivity contribution in [3.8, 4) is 17.0 Å². The van der Waals surface area contributed by atoms with Crippen molar-refractivity contribution in [2.45, 2.75) is 26.6 Å². The maximum Gasteiger partial charge on any atom is 0.433 e. The van der Waals surface area contributed by atoms with Crippen LogP contribution in [0.1, 0.15) is 33.1 Å². The first-order valence-electron chi connectivity index (χ1n) is 11.7. The minimum Gasteiger partial charge on any atom is -0.497 e. The molecule has 5 aromatic rings. The highest BCUT2D eigenvalue weighted by atomic mass is 19.4. The van der Waals surface area contributed by atoms with Gasteiger partial charge in [-0.25, -0.2) is 9.50 Å². The summed E-state index contributed by atoms with van der Waals surface area (Å²) in [6.07, 6.45) is -4.73. The number of methoxy groups -OCH3 is 1. The van der Waals surface area contributed by atoms with Gasteiger partial charge in [-0.15, -0.1) is 0 Å². The smallest absolute Gasteiger partial charge is 0.433 e. The Bertz CT molecular complexity index is 1620. The molecule has 5 rings (SSSR count). The lowest BCUT2D eigenvalue weighted by Gasteiger charge is -2.11. The summed E-state index contributed by atoms with van der Waals surface area (Å²) in [6.45, 7) is 4.07. The van der Waals surface area contributed by atoms with Gasteiger partial charge < -0.3 is 10.1 Å². The number of aryl methyl sites for hydroxylation is 1. The van der Waals surface area contributed by atoms with Crippen molar-refractivity contribution in [3.63, 3.8) is 0 Å². The largest absolute Gasteiger partial charge is 0.497 e. The highest BCUT2D eigenvalue weighted by Crippen LogP contribution is 2.33. The first kappa shape index (κ1) is 25.0. The standard InChI is InChI=1S/C27H23F3N6O2/c1-16-25(17(2)35(33-16)15-18-7-5-4-6-8-18)32-26(37)22-14-24-31-21(19-9-11-20(38-3)12-10-19)13-23(27(28,29)30)36(24)34-22/h4-14H,15H2,1-3H3,(H,32,37). The van der Waals surface area contributed by atoms with Gasteiger partial charge >= 0.3 is 6.18 Å². The second-order valence-corrected chi connectivity index (χ2v) is 8.70. The number of fused-ring (bicyclic) bond motifs is 1. The lowest BCUT2D eigenvalue weighted by atomic mass is 10.1. The molecule has 3 heterocycles. The number of aromatic nitrogens is 5. The van der Waals surface area contributed by atoms with Crippen LogP contribution in [0.3, 0.4) is 0 Å². The van der Waals surface area contributed by atoms with Gasteiger partial charge in [-0.05, 0) is 49.7 Å². The van der Waals surface area contributed by atoms with Crippen molar-refractivity contribution in [2.75, 3.05) is 12.4 Å². The number of carbonyl (C=O) groups is 1. The second-order valence-electron chi connectivity index (χ2n) is 8.70. The number of halogens is 3. The van der Waals surface area contributed by atoms with E-state index in [1.165, 1.54) is 13.2 Å². The molecule has 1 amide bonds. The Kier molecular flexibility index (Phi) is 6.35. The molecule has 0 fully saturated rings. The van der Waals surface area contributed by atoms with E-state index in [9.17, 15) is 18.0 Å². The Labute approximate surface area is 215 Å². The Morgan fingerprint density at radius 2 is 1.71 bits per heavy atom. The number of anilines is 1. The summed E-state index contributed by atoms with van der Waals surface area (Å²) < 4.78 is 49.4. The van der Waals surface area contributed by atoms with Gasteiger partial charge in [-0.3, -0.25) is 9.48 Å². The molecule has 8 nitrogen and oxygen atoms in total. The first-order valence-corrected chi connectivity index (χ1v) is 11.7. The summed E-state index contributed by atoms with van der Waals surface area (Å²) in [7, 11) is 1.50. The van der Waals surface area contributed by atoms with Crippen LogP contribution in [0.5, 0.6) is 5.75 Å². The van der Waals surface area contributed by atoms with Crippen LogP contribution in [0.15, 0.2) is 66.7 Å². The number of amides is 1. The van der Waals surface area contributed by atoms with Gasteiger partial charge in [-0.2, -0.15) is 23.4 Å². The molecule has 0 aliphatic rings. The number of nitrogens with one attached hydrogen (secondary N) is 1. The molecule has 11 heteroatoms. The average Bonchev–Trinajstić information content (AvgIpc) is 3.45. The quantitative estimate of drug-likeness (QED) is 0.318. The van der Waals surface area contributed by atoms with E-state index in [-0.39, 0.29) is 17.0 Å². The van der Waals surface area contributed by atoms with Crippen LogP contribution in [-0.2, 0) is 12.7 Å². The number of ether oxygens (including phenoxy) is 1. The summed E-state index contributed by atoms with van der Waals surface area (Å²) in [4.78, 5) is 17.4. The fourth-order valence-electron chi connectivity index (χ4n) is 4.16. The Morgan fingerprint density at radius 1 is 1.00 bits per heavy atom. The van der Waals surface area contributed by atoms with Crippen LogP contribution >= 0.6 is 0 Å². The van der Waals surface area contributed by atoms with Crippen molar-refractivity contribution < 1.29 is 22.7 Å². The fraction of sp³-hybridized carbons (Fsp3) is 0.185. The van der Waals surface area contributed by atoms with Gasteiger partial charge in [-0.1, -0.05) is 30.3 Å². The van der Waals surface area contributed by atoms with Gasteiger partial charge in [0.2, 0.25) is 0 Å². The lowest BCUT2D eigenvalue weighted by Crippen LogP contribution is -2.16. The molecule has 2 aromatic carbocycles. The molecule has 3 aromatic heterocycles. The highest BCUT2D eigenvalue weighted by molar-refractivity contribution is 6.04. The van der Waals surface area contributed by atoms with Gasteiger partial charge in [0.25, 0.3) is 5.91 Å². The van der Waals surface area contributed by atoms with Crippen LogP contribution < -0.4 is 10.1 Å². The van der Waals surface area contributed by atoms with Crippen molar-refractivity contribution in [1.29, 1.82) is 0 Å². The molecule has 0 bridgehead atoms. The predicted molar refractivity (Wildman–Crippen MR) is 135 cm³/mol. The molecule has 1 N–H and O–H groups in total. The zero-order valence-corrected chi connectivity index (χ0v) is 20.7. The van der Waals surface area contributed by atoms with Crippen LogP contribution in [0.25, 0.3) is 16.9 Å². The van der Waals surface area contributed by atoms with Gasteiger partial charge in [0.15, 0.2) is 17.0 Å². The van der Waals surface area contributed by atoms with Crippen LogP contribution in [0.4, 0.5) is 18.9 Å². The highest BCUT2D eigenvalue weighted by Gasteiger charge is 2.35. The monoisotopic (exact) mass is 520 g/mol. The number of hydrogen-bond donors (Lipinski definition) is 1. The van der Waals surface area contributed by atoms with Crippen molar-refractivity contribution in [2.24, 2.45) is 0 Å². The van der Waals surface area contributed by atoms with Crippen LogP contribution in [0.2, 0.25) is 0 Å². The molecule has 0 spiro atoms. The zero-order valence-electron chi connectivity index (χ0n) is 20.7. The Balaban J connectivity index is 1.48. The SMILES string of the molecule is COc1ccc(-c2cc(C(F)(F)F)n3nc(C(=O)Nc4c(C)nn(Cc5ccccc5)c4C)cc3n2)cc1. The Hall–Kier alpha value is -4.67. The van der Waals surface area contributed by atoms with E-state index in [2.05, 4.69) is 20.5 Å². The average molecular weight is 521 g/mol. The van der Waals surface area contributed by atoms with E-state index < -0.39 is 17.8 Å². The number of alkyl halides is 3. The van der Waals surface area contributed by atoms with E-state index in [1.54, 1.807) is 35.9 Å². The third kappa shape index (κ3) is 4.82. The third-order valence-corrected chi connectivity index (χ3v) is 6.13. The normalized spacial score (nSPS) is 11.6. The Morgan fingerprint density at radius 3 is 2.37 bits per heavy atom. The lowest BCUT2D eigenvalue weighted by molar-refractivity contribution is -0.142. The third-order valence-electron chi connectivity index (χ3n) is 6.13. The molecule has 0 aliphatic carbocycles.